The Morgan fingerprint density at radius 1 is 1.11 bits per heavy atom. The third-order valence-corrected chi connectivity index (χ3v) is 6.64. The van der Waals surface area contributed by atoms with Crippen molar-refractivity contribution in [1.29, 1.82) is 0 Å². The summed E-state index contributed by atoms with van der Waals surface area (Å²) >= 11 is 6.43. The van der Waals surface area contributed by atoms with E-state index in [4.69, 9.17) is 21.1 Å². The molecule has 4 aromatic rings. The van der Waals surface area contributed by atoms with E-state index in [9.17, 15) is 4.79 Å². The Bertz CT molecular complexity index is 1400. The number of ether oxygens (including phenoxy) is 2. The number of H-pyrrole nitrogens is 1. The molecule has 0 saturated carbocycles. The third-order valence-electron chi connectivity index (χ3n) is 6.27. The Balaban J connectivity index is 1.58. The summed E-state index contributed by atoms with van der Waals surface area (Å²) in [5.74, 6) is 1.98. The van der Waals surface area contributed by atoms with E-state index in [1.54, 1.807) is 0 Å². The molecule has 5 rings (SSSR count). The van der Waals surface area contributed by atoms with Gasteiger partial charge in [-0.05, 0) is 62.4 Å². The SMILES string of the molecule is CCCOc1ccc2[nH]c(C(=O)N3C[C@@H](CCl)c4c3cc(OC(C)(C)C)c3ccccc43)cc2c1. The summed E-state index contributed by atoms with van der Waals surface area (Å²) in [6.07, 6.45) is 0.945. The number of alkyl halides is 1. The first kappa shape index (κ1) is 23.6. The van der Waals surface area contributed by atoms with E-state index in [0.717, 1.165) is 50.8 Å². The number of carbonyl (C=O) groups is 1. The number of amides is 1. The van der Waals surface area contributed by atoms with Crippen LogP contribution in [0.3, 0.4) is 0 Å². The second-order valence-electron chi connectivity index (χ2n) is 10.1. The largest absolute Gasteiger partial charge is 0.494 e. The molecule has 1 amide bonds. The maximum absolute atomic E-state index is 13.8. The van der Waals surface area contributed by atoms with Gasteiger partial charge in [0.1, 0.15) is 22.8 Å². The van der Waals surface area contributed by atoms with E-state index in [0.29, 0.717) is 24.7 Å². The second-order valence-corrected chi connectivity index (χ2v) is 10.4. The van der Waals surface area contributed by atoms with Crippen LogP contribution in [0.2, 0.25) is 0 Å². The van der Waals surface area contributed by atoms with Crippen LogP contribution in [0.15, 0.2) is 54.6 Å². The topological polar surface area (TPSA) is 54.6 Å². The zero-order valence-electron chi connectivity index (χ0n) is 20.7. The van der Waals surface area contributed by atoms with E-state index in [1.165, 1.54) is 0 Å². The molecule has 0 saturated heterocycles. The summed E-state index contributed by atoms with van der Waals surface area (Å²) in [5, 5.41) is 3.07. The van der Waals surface area contributed by atoms with Crippen molar-refractivity contribution in [2.45, 2.75) is 45.6 Å². The van der Waals surface area contributed by atoms with Crippen LogP contribution >= 0.6 is 11.6 Å². The van der Waals surface area contributed by atoms with Gasteiger partial charge in [0.05, 0.1) is 12.3 Å². The lowest BCUT2D eigenvalue weighted by Gasteiger charge is -2.25. The van der Waals surface area contributed by atoms with Gasteiger partial charge in [0.25, 0.3) is 5.91 Å². The second kappa shape index (κ2) is 9.12. The molecular formula is C29H31ClN2O3. The number of aromatic nitrogens is 1. The maximum atomic E-state index is 13.8. The number of anilines is 1. The van der Waals surface area contributed by atoms with Gasteiger partial charge in [0, 0.05) is 40.7 Å². The molecule has 182 valence electrons. The van der Waals surface area contributed by atoms with Gasteiger partial charge >= 0.3 is 0 Å². The summed E-state index contributed by atoms with van der Waals surface area (Å²) in [7, 11) is 0. The van der Waals surface area contributed by atoms with E-state index in [-0.39, 0.29) is 17.4 Å². The molecule has 35 heavy (non-hydrogen) atoms. The van der Waals surface area contributed by atoms with Gasteiger partial charge in [-0.2, -0.15) is 0 Å². The van der Waals surface area contributed by atoms with Crippen LogP contribution in [0.1, 0.15) is 56.1 Å². The van der Waals surface area contributed by atoms with Gasteiger partial charge in [-0.25, -0.2) is 0 Å². The van der Waals surface area contributed by atoms with Crippen molar-refractivity contribution in [3.63, 3.8) is 0 Å². The predicted octanol–water partition coefficient (Wildman–Crippen LogP) is 7.27. The molecular weight excluding hydrogens is 460 g/mol. The van der Waals surface area contributed by atoms with Crippen molar-refractivity contribution in [2.24, 2.45) is 0 Å². The highest BCUT2D eigenvalue weighted by atomic mass is 35.5. The first-order valence-electron chi connectivity index (χ1n) is 12.2. The smallest absolute Gasteiger partial charge is 0.274 e. The number of rotatable bonds is 6. The van der Waals surface area contributed by atoms with Crippen LogP contribution in [-0.2, 0) is 0 Å². The lowest BCUT2D eigenvalue weighted by Crippen LogP contribution is -2.30. The first-order chi connectivity index (χ1) is 16.8. The first-order valence-corrected chi connectivity index (χ1v) is 12.7. The molecule has 3 aromatic carbocycles. The van der Waals surface area contributed by atoms with Crippen molar-refractivity contribution in [3.05, 3.63) is 65.9 Å². The van der Waals surface area contributed by atoms with Crippen molar-refractivity contribution < 1.29 is 14.3 Å². The zero-order valence-corrected chi connectivity index (χ0v) is 21.4. The van der Waals surface area contributed by atoms with Crippen LogP contribution in [0, 0.1) is 0 Å². The lowest BCUT2D eigenvalue weighted by molar-refractivity contribution is 0.0984. The van der Waals surface area contributed by atoms with E-state index in [2.05, 4.69) is 24.0 Å². The summed E-state index contributed by atoms with van der Waals surface area (Å²) in [6, 6.07) is 18.0. The van der Waals surface area contributed by atoms with Crippen LogP contribution in [0.25, 0.3) is 21.7 Å². The number of nitrogens with zero attached hydrogens (tertiary/aromatic N) is 1. The summed E-state index contributed by atoms with van der Waals surface area (Å²) < 4.78 is 12.1. The van der Waals surface area contributed by atoms with Gasteiger partial charge in [-0.15, -0.1) is 11.6 Å². The van der Waals surface area contributed by atoms with Crippen LogP contribution in [0.4, 0.5) is 5.69 Å². The Kier molecular flexibility index (Phi) is 6.14. The van der Waals surface area contributed by atoms with Crippen LogP contribution in [-0.4, -0.2) is 35.5 Å². The maximum Gasteiger partial charge on any atom is 0.274 e. The van der Waals surface area contributed by atoms with Gasteiger partial charge < -0.3 is 19.4 Å². The fourth-order valence-electron chi connectivity index (χ4n) is 4.83. The molecule has 1 atom stereocenters. The number of hydrogen-bond donors (Lipinski definition) is 1. The van der Waals surface area contributed by atoms with Crippen molar-refractivity contribution in [3.8, 4) is 11.5 Å². The average molecular weight is 491 g/mol. The Morgan fingerprint density at radius 2 is 1.89 bits per heavy atom. The zero-order chi connectivity index (χ0) is 24.7. The van der Waals surface area contributed by atoms with Gasteiger partial charge in [-0.3, -0.25) is 4.79 Å². The number of benzene rings is 3. The predicted molar refractivity (Wildman–Crippen MR) is 144 cm³/mol. The highest BCUT2D eigenvalue weighted by molar-refractivity contribution is 6.19. The number of aromatic amines is 1. The highest BCUT2D eigenvalue weighted by Crippen LogP contribution is 2.46. The number of nitrogens with one attached hydrogen (secondary N) is 1. The molecule has 0 spiro atoms. The lowest BCUT2D eigenvalue weighted by atomic mass is 9.95. The van der Waals surface area contributed by atoms with Crippen LogP contribution in [0.5, 0.6) is 11.5 Å². The fraction of sp³-hybridized carbons (Fsp3) is 0.345. The molecule has 0 bridgehead atoms. The molecule has 1 aliphatic rings. The third kappa shape index (κ3) is 4.45. The number of carbonyl (C=O) groups excluding carboxylic acids is 1. The van der Waals surface area contributed by atoms with Crippen molar-refractivity contribution in [1.82, 2.24) is 4.98 Å². The van der Waals surface area contributed by atoms with Gasteiger partial charge in [-0.1, -0.05) is 31.2 Å². The Labute approximate surface area is 211 Å². The summed E-state index contributed by atoms with van der Waals surface area (Å²) in [4.78, 5) is 18.9. The molecule has 0 unspecified atom stereocenters. The Hall–Kier alpha value is -3.18. The Morgan fingerprint density at radius 3 is 2.60 bits per heavy atom. The fourth-order valence-corrected chi connectivity index (χ4v) is 5.08. The normalized spacial score (nSPS) is 15.6. The average Bonchev–Trinajstić information content (AvgIpc) is 3.42. The minimum atomic E-state index is -0.370. The molecule has 0 aliphatic carbocycles. The summed E-state index contributed by atoms with van der Waals surface area (Å²) in [5.41, 5.74) is 3.05. The van der Waals surface area contributed by atoms with E-state index in [1.807, 2.05) is 68.1 Å². The van der Waals surface area contributed by atoms with Crippen molar-refractivity contribution in [2.75, 3.05) is 23.9 Å². The molecule has 1 aliphatic heterocycles. The van der Waals surface area contributed by atoms with Crippen LogP contribution < -0.4 is 14.4 Å². The van der Waals surface area contributed by atoms with Crippen molar-refractivity contribution >= 4 is 44.9 Å². The van der Waals surface area contributed by atoms with Gasteiger partial charge in [0.2, 0.25) is 0 Å². The minimum Gasteiger partial charge on any atom is -0.494 e. The molecule has 1 N–H and O–H groups in total. The van der Waals surface area contributed by atoms with E-state index < -0.39 is 0 Å². The molecule has 0 fully saturated rings. The quantitative estimate of drug-likeness (QED) is 0.289. The standard InChI is InChI=1S/C29H31ClN2O3/c1-5-12-34-20-10-11-23-18(13-20)14-24(31-23)28(33)32-17-19(16-30)27-22-9-7-6-8-21(22)26(15-25(27)32)35-29(2,3)4/h6-11,13-15,19,31H,5,12,16-17H2,1-4H3/t19-/m1/s1. The van der Waals surface area contributed by atoms with Gasteiger partial charge in [0.15, 0.2) is 0 Å². The summed E-state index contributed by atoms with van der Waals surface area (Å²) in [6.45, 7) is 9.36. The van der Waals surface area contributed by atoms with E-state index >= 15 is 0 Å². The molecule has 1 aromatic heterocycles. The number of hydrogen-bond acceptors (Lipinski definition) is 3. The molecule has 6 heteroatoms. The molecule has 5 nitrogen and oxygen atoms in total. The minimum absolute atomic E-state index is 0.0441. The molecule has 2 heterocycles. The monoisotopic (exact) mass is 490 g/mol. The highest BCUT2D eigenvalue weighted by Gasteiger charge is 2.36. The number of fused-ring (bicyclic) bond motifs is 4. The number of halogens is 1. The molecule has 0 radical (unpaired) electrons.